The van der Waals surface area contributed by atoms with E-state index in [1.807, 2.05) is 43.3 Å². The first-order chi connectivity index (χ1) is 8.56. The van der Waals surface area contributed by atoms with Gasteiger partial charge in [-0.05, 0) is 42.8 Å². The fourth-order valence-corrected chi connectivity index (χ4v) is 2.38. The lowest BCUT2D eigenvalue weighted by atomic mass is 10.1. The first kappa shape index (κ1) is 13.1. The Bertz CT molecular complexity index is 555. The Morgan fingerprint density at radius 3 is 2.56 bits per heavy atom. The van der Waals surface area contributed by atoms with Crippen LogP contribution in [-0.2, 0) is 0 Å². The van der Waals surface area contributed by atoms with Crippen LogP contribution in [0.1, 0.15) is 18.5 Å². The zero-order chi connectivity index (χ0) is 13.1. The second-order valence-electron chi connectivity index (χ2n) is 4.16. The Kier molecular flexibility index (Phi) is 4.00. The van der Waals surface area contributed by atoms with Crippen LogP contribution in [0, 0.1) is 0 Å². The zero-order valence-corrected chi connectivity index (χ0v) is 11.5. The average Bonchev–Trinajstić information content (AvgIpc) is 2.28. The lowest BCUT2D eigenvalue weighted by Crippen LogP contribution is -2.07. The van der Waals surface area contributed by atoms with E-state index >= 15 is 0 Å². The molecule has 0 bridgehead atoms. The van der Waals surface area contributed by atoms with E-state index in [9.17, 15) is 0 Å². The summed E-state index contributed by atoms with van der Waals surface area (Å²) in [6, 6.07) is 13.2. The lowest BCUT2D eigenvalue weighted by molar-refractivity contribution is 0.885. The molecular weight excluding hydrogens is 267 g/mol. The van der Waals surface area contributed by atoms with Crippen LogP contribution in [0.5, 0.6) is 0 Å². The minimum absolute atomic E-state index is 0.0802. The Labute approximate surface area is 117 Å². The van der Waals surface area contributed by atoms with Crippen LogP contribution in [-0.4, -0.2) is 0 Å². The number of hydrogen-bond acceptors (Lipinski definition) is 2. The molecule has 2 aromatic carbocycles. The molecule has 1 atom stereocenters. The van der Waals surface area contributed by atoms with E-state index in [0.29, 0.717) is 10.0 Å². The smallest absolute Gasteiger partial charge is 0.0500 e. The maximum Gasteiger partial charge on any atom is 0.0500 e. The molecule has 2 rings (SSSR count). The molecule has 2 aromatic rings. The van der Waals surface area contributed by atoms with Gasteiger partial charge in [0.2, 0.25) is 0 Å². The highest BCUT2D eigenvalue weighted by Crippen LogP contribution is 2.28. The van der Waals surface area contributed by atoms with Gasteiger partial charge in [0, 0.05) is 27.5 Å². The number of anilines is 2. The summed E-state index contributed by atoms with van der Waals surface area (Å²) in [6.45, 7) is 2.04. The fourth-order valence-electron chi connectivity index (χ4n) is 1.81. The molecule has 0 amide bonds. The van der Waals surface area contributed by atoms with Crippen molar-refractivity contribution in [2.45, 2.75) is 13.0 Å². The van der Waals surface area contributed by atoms with Crippen LogP contribution < -0.4 is 11.1 Å². The van der Waals surface area contributed by atoms with Crippen LogP contribution in [0.25, 0.3) is 0 Å². The van der Waals surface area contributed by atoms with Gasteiger partial charge >= 0.3 is 0 Å². The zero-order valence-electron chi connectivity index (χ0n) is 9.95. The summed E-state index contributed by atoms with van der Waals surface area (Å²) in [7, 11) is 0. The molecule has 0 fully saturated rings. The van der Waals surface area contributed by atoms with E-state index in [4.69, 9.17) is 28.9 Å². The SMILES string of the molecule is CC(Nc1cccc(N)c1)c1ccc(Cl)cc1Cl. The number of halogens is 2. The number of hydrogen-bond donors (Lipinski definition) is 2. The molecule has 0 saturated heterocycles. The van der Waals surface area contributed by atoms with E-state index < -0.39 is 0 Å². The molecule has 0 heterocycles. The van der Waals surface area contributed by atoms with Crippen LogP contribution in [0.2, 0.25) is 10.0 Å². The van der Waals surface area contributed by atoms with Crippen LogP contribution in [0.15, 0.2) is 42.5 Å². The predicted octanol–water partition coefficient (Wildman–Crippen LogP) is 4.75. The quantitative estimate of drug-likeness (QED) is 0.797. The van der Waals surface area contributed by atoms with E-state index in [2.05, 4.69) is 5.32 Å². The molecule has 0 aliphatic rings. The molecule has 0 spiro atoms. The van der Waals surface area contributed by atoms with Crippen LogP contribution in [0.3, 0.4) is 0 Å². The monoisotopic (exact) mass is 280 g/mol. The largest absolute Gasteiger partial charge is 0.399 e. The van der Waals surface area contributed by atoms with Gasteiger partial charge in [-0.15, -0.1) is 0 Å². The van der Waals surface area contributed by atoms with Crippen LogP contribution in [0.4, 0.5) is 11.4 Å². The van der Waals surface area contributed by atoms with Crippen molar-refractivity contribution in [2.24, 2.45) is 0 Å². The number of nitrogens with one attached hydrogen (secondary N) is 1. The highest BCUT2D eigenvalue weighted by Gasteiger charge is 2.09. The molecule has 0 radical (unpaired) electrons. The minimum Gasteiger partial charge on any atom is -0.399 e. The minimum atomic E-state index is 0.0802. The van der Waals surface area contributed by atoms with Crippen molar-refractivity contribution in [1.29, 1.82) is 0 Å². The summed E-state index contributed by atoms with van der Waals surface area (Å²) >= 11 is 12.1. The molecule has 0 saturated carbocycles. The molecule has 3 N–H and O–H groups in total. The molecule has 4 heteroatoms. The maximum atomic E-state index is 6.17. The molecule has 18 heavy (non-hydrogen) atoms. The standard InChI is InChI=1S/C14H14Cl2N2/c1-9(13-6-5-10(15)7-14(13)16)18-12-4-2-3-11(17)8-12/h2-9,18H,17H2,1H3. The summed E-state index contributed by atoms with van der Waals surface area (Å²) in [5, 5.41) is 4.65. The van der Waals surface area contributed by atoms with Crippen molar-refractivity contribution in [3.63, 3.8) is 0 Å². The summed E-state index contributed by atoms with van der Waals surface area (Å²) in [6.07, 6.45) is 0. The van der Waals surface area contributed by atoms with Crippen molar-refractivity contribution in [1.82, 2.24) is 0 Å². The van der Waals surface area contributed by atoms with Gasteiger partial charge in [-0.1, -0.05) is 35.3 Å². The highest BCUT2D eigenvalue weighted by atomic mass is 35.5. The third kappa shape index (κ3) is 3.09. The van der Waals surface area contributed by atoms with Crippen molar-refractivity contribution in [3.8, 4) is 0 Å². The van der Waals surface area contributed by atoms with Gasteiger partial charge in [0.1, 0.15) is 0 Å². The molecule has 2 nitrogen and oxygen atoms in total. The summed E-state index contributed by atoms with van der Waals surface area (Å²) < 4.78 is 0. The van der Waals surface area contributed by atoms with Gasteiger partial charge in [0.15, 0.2) is 0 Å². The van der Waals surface area contributed by atoms with E-state index in [-0.39, 0.29) is 6.04 Å². The summed E-state index contributed by atoms with van der Waals surface area (Å²) in [5.41, 5.74) is 8.44. The summed E-state index contributed by atoms with van der Waals surface area (Å²) in [4.78, 5) is 0. The van der Waals surface area contributed by atoms with E-state index in [0.717, 1.165) is 16.9 Å². The van der Waals surface area contributed by atoms with Gasteiger partial charge < -0.3 is 11.1 Å². The Balaban J connectivity index is 2.19. The topological polar surface area (TPSA) is 38.0 Å². The van der Waals surface area contributed by atoms with Crippen molar-refractivity contribution >= 4 is 34.6 Å². The third-order valence-corrected chi connectivity index (χ3v) is 3.26. The summed E-state index contributed by atoms with van der Waals surface area (Å²) in [5.74, 6) is 0. The number of rotatable bonds is 3. The number of nitrogen functional groups attached to an aromatic ring is 1. The van der Waals surface area contributed by atoms with Crippen molar-refractivity contribution in [3.05, 3.63) is 58.1 Å². The second-order valence-corrected chi connectivity index (χ2v) is 5.00. The number of nitrogens with two attached hydrogens (primary N) is 1. The first-order valence-corrected chi connectivity index (χ1v) is 6.39. The lowest BCUT2D eigenvalue weighted by Gasteiger charge is -2.17. The van der Waals surface area contributed by atoms with Gasteiger partial charge in [0.25, 0.3) is 0 Å². The third-order valence-electron chi connectivity index (χ3n) is 2.70. The van der Waals surface area contributed by atoms with Gasteiger partial charge in [-0.3, -0.25) is 0 Å². The van der Waals surface area contributed by atoms with Crippen molar-refractivity contribution < 1.29 is 0 Å². The first-order valence-electron chi connectivity index (χ1n) is 5.63. The molecular formula is C14H14Cl2N2. The van der Waals surface area contributed by atoms with Gasteiger partial charge in [0.05, 0.1) is 0 Å². The van der Waals surface area contributed by atoms with Crippen LogP contribution >= 0.6 is 23.2 Å². The highest BCUT2D eigenvalue weighted by molar-refractivity contribution is 6.35. The normalized spacial score (nSPS) is 12.2. The van der Waals surface area contributed by atoms with E-state index in [1.165, 1.54) is 0 Å². The molecule has 0 aromatic heterocycles. The Morgan fingerprint density at radius 2 is 1.89 bits per heavy atom. The average molecular weight is 281 g/mol. The fraction of sp³-hybridized carbons (Fsp3) is 0.143. The van der Waals surface area contributed by atoms with E-state index in [1.54, 1.807) is 6.07 Å². The molecule has 1 unspecified atom stereocenters. The molecule has 94 valence electrons. The Morgan fingerprint density at radius 1 is 1.11 bits per heavy atom. The molecule has 0 aliphatic carbocycles. The van der Waals surface area contributed by atoms with Gasteiger partial charge in [-0.2, -0.15) is 0 Å². The molecule has 0 aliphatic heterocycles. The van der Waals surface area contributed by atoms with Gasteiger partial charge in [-0.25, -0.2) is 0 Å². The number of benzene rings is 2. The maximum absolute atomic E-state index is 6.17. The predicted molar refractivity (Wildman–Crippen MR) is 79.4 cm³/mol. The second kappa shape index (κ2) is 5.51. The Hall–Kier alpha value is -1.38. The van der Waals surface area contributed by atoms with Crippen molar-refractivity contribution in [2.75, 3.05) is 11.1 Å².